The summed E-state index contributed by atoms with van der Waals surface area (Å²) in [7, 11) is 0. The molecule has 0 spiro atoms. The number of nitrogens with zero attached hydrogens (tertiary/aromatic N) is 1. The van der Waals surface area contributed by atoms with Crippen LogP contribution in [0.4, 0.5) is 8.78 Å². The van der Waals surface area contributed by atoms with Gasteiger partial charge in [-0.25, -0.2) is 0 Å². The quantitative estimate of drug-likeness (QED) is 0.564. The fourth-order valence-electron chi connectivity index (χ4n) is 0.791. The van der Waals surface area contributed by atoms with Gasteiger partial charge < -0.3 is 0 Å². The Morgan fingerprint density at radius 1 is 1.55 bits per heavy atom. The number of rotatable bonds is 1. The Bertz CT molecular complexity index is 257. The van der Waals surface area contributed by atoms with Gasteiger partial charge in [0.1, 0.15) is 0 Å². The van der Waals surface area contributed by atoms with Crippen molar-refractivity contribution < 1.29 is 8.78 Å². The van der Waals surface area contributed by atoms with E-state index in [1.54, 1.807) is 6.92 Å². The number of halogens is 3. The molecule has 0 radical (unpaired) electrons. The topological polar surface area (TPSA) is 12.9 Å². The smallest absolute Gasteiger partial charge is 0.264 e. The summed E-state index contributed by atoms with van der Waals surface area (Å²) in [4.78, 5) is 3.72. The second-order valence-electron chi connectivity index (χ2n) is 2.19. The number of pyridine rings is 1. The first kappa shape index (κ1) is 8.83. The Morgan fingerprint density at radius 2 is 2.18 bits per heavy atom. The van der Waals surface area contributed by atoms with E-state index in [2.05, 4.69) is 4.98 Å². The molecule has 0 aliphatic rings. The van der Waals surface area contributed by atoms with E-state index in [0.717, 1.165) is 22.6 Å². The first-order valence-electron chi connectivity index (χ1n) is 2.99. The highest BCUT2D eigenvalue weighted by Crippen LogP contribution is 2.36. The van der Waals surface area contributed by atoms with Gasteiger partial charge in [-0.1, -0.05) is 0 Å². The molecule has 11 heavy (non-hydrogen) atoms. The van der Waals surface area contributed by atoms with Crippen LogP contribution in [0.5, 0.6) is 0 Å². The highest BCUT2D eigenvalue weighted by Gasteiger charge is 2.28. The van der Waals surface area contributed by atoms with Crippen LogP contribution in [0, 0.1) is 6.92 Å². The number of hydrogen-bond acceptors (Lipinski definition) is 1. The van der Waals surface area contributed by atoms with Crippen LogP contribution in [0.3, 0.4) is 0 Å². The van der Waals surface area contributed by atoms with E-state index in [4.69, 9.17) is 0 Å². The van der Waals surface area contributed by atoms with Gasteiger partial charge >= 0.3 is 3.93 Å². The van der Waals surface area contributed by atoms with Gasteiger partial charge in [-0.2, -0.15) is 8.78 Å². The van der Waals surface area contributed by atoms with Gasteiger partial charge in [0.2, 0.25) is 0 Å². The minimum Gasteiger partial charge on any atom is -0.264 e. The highest BCUT2D eigenvalue weighted by atomic mass is 127. The van der Waals surface area contributed by atoms with Gasteiger partial charge in [-0.05, 0) is 18.6 Å². The summed E-state index contributed by atoms with van der Waals surface area (Å²) >= 11 is 1.11. The van der Waals surface area contributed by atoms with Crippen molar-refractivity contribution in [1.82, 2.24) is 4.98 Å². The molecule has 0 unspecified atom stereocenters. The molecule has 0 saturated carbocycles. The lowest BCUT2D eigenvalue weighted by atomic mass is 10.2. The van der Waals surface area contributed by atoms with Crippen molar-refractivity contribution in [2.75, 3.05) is 0 Å². The maximum atomic E-state index is 12.7. The van der Waals surface area contributed by atoms with Gasteiger partial charge in [0, 0.05) is 40.5 Å². The van der Waals surface area contributed by atoms with Crippen molar-refractivity contribution in [3.63, 3.8) is 0 Å². The minimum atomic E-state index is -2.79. The molecule has 1 nitrogen and oxygen atoms in total. The monoisotopic (exact) mass is 269 g/mol. The van der Waals surface area contributed by atoms with Crippen molar-refractivity contribution in [3.05, 3.63) is 29.6 Å². The van der Waals surface area contributed by atoms with Crippen LogP contribution in [-0.2, 0) is 3.93 Å². The predicted octanol–water partition coefficient (Wildman–Crippen LogP) is 2.87. The number of aromatic nitrogens is 1. The molecule has 60 valence electrons. The molecule has 1 aromatic rings. The fraction of sp³-hybridized carbons (Fsp3) is 0.286. The maximum Gasteiger partial charge on any atom is 0.321 e. The zero-order valence-electron chi connectivity index (χ0n) is 5.81. The van der Waals surface area contributed by atoms with Gasteiger partial charge in [0.15, 0.2) is 0 Å². The molecule has 1 heterocycles. The maximum absolute atomic E-state index is 12.7. The lowest BCUT2D eigenvalue weighted by Crippen LogP contribution is -2.04. The number of hydrogen-bond donors (Lipinski definition) is 0. The Morgan fingerprint density at radius 3 is 2.55 bits per heavy atom. The van der Waals surface area contributed by atoms with Crippen molar-refractivity contribution in [3.8, 4) is 0 Å². The molecule has 0 N–H and O–H groups in total. The van der Waals surface area contributed by atoms with E-state index in [1.165, 1.54) is 18.5 Å². The van der Waals surface area contributed by atoms with Gasteiger partial charge in [0.05, 0.1) is 0 Å². The van der Waals surface area contributed by atoms with E-state index >= 15 is 0 Å². The number of aryl methyl sites for hydroxylation is 1. The summed E-state index contributed by atoms with van der Waals surface area (Å²) in [6.45, 7) is 1.62. The molecule has 0 aliphatic heterocycles. The molecular weight excluding hydrogens is 263 g/mol. The van der Waals surface area contributed by atoms with E-state index in [0.29, 0.717) is 5.56 Å². The Hall–Kier alpha value is -0.260. The minimum absolute atomic E-state index is 0.0353. The van der Waals surface area contributed by atoms with Crippen molar-refractivity contribution >= 4 is 22.6 Å². The second-order valence-corrected chi connectivity index (χ2v) is 3.54. The molecule has 0 fully saturated rings. The van der Waals surface area contributed by atoms with Crippen LogP contribution in [0.15, 0.2) is 18.5 Å². The summed E-state index contributed by atoms with van der Waals surface area (Å²) < 4.78 is 22.6. The normalized spacial score (nSPS) is 11.6. The number of alkyl halides is 3. The van der Waals surface area contributed by atoms with Crippen LogP contribution in [0.1, 0.15) is 11.1 Å². The molecule has 1 aromatic heterocycles. The summed E-state index contributed by atoms with van der Waals surface area (Å²) in [5.41, 5.74) is 0.556. The Labute approximate surface area is 77.0 Å². The molecule has 0 aliphatic carbocycles. The van der Waals surface area contributed by atoms with E-state index < -0.39 is 3.93 Å². The third kappa shape index (κ3) is 2.08. The summed E-state index contributed by atoms with van der Waals surface area (Å²) in [5.74, 6) is 0. The van der Waals surface area contributed by atoms with Gasteiger partial charge in [0.25, 0.3) is 0 Å². The second kappa shape index (κ2) is 3.00. The zero-order valence-corrected chi connectivity index (χ0v) is 7.97. The fourth-order valence-corrected chi connectivity index (χ4v) is 1.40. The first-order chi connectivity index (χ1) is 5.02. The summed E-state index contributed by atoms with van der Waals surface area (Å²) in [5, 5.41) is 0. The van der Waals surface area contributed by atoms with Gasteiger partial charge in [-0.15, -0.1) is 0 Å². The van der Waals surface area contributed by atoms with Crippen molar-refractivity contribution in [2.45, 2.75) is 10.9 Å². The molecular formula is C7H6F2IN. The average molecular weight is 269 g/mol. The van der Waals surface area contributed by atoms with Gasteiger partial charge in [-0.3, -0.25) is 4.98 Å². The Kier molecular flexibility index (Phi) is 2.41. The largest absolute Gasteiger partial charge is 0.321 e. The van der Waals surface area contributed by atoms with Crippen LogP contribution < -0.4 is 0 Å². The first-order valence-corrected chi connectivity index (χ1v) is 4.07. The van der Waals surface area contributed by atoms with Crippen LogP contribution in [0.25, 0.3) is 0 Å². The zero-order chi connectivity index (χ0) is 8.48. The molecule has 0 bridgehead atoms. The predicted molar refractivity (Wildman–Crippen MR) is 46.9 cm³/mol. The Balaban J connectivity index is 3.14. The van der Waals surface area contributed by atoms with Crippen molar-refractivity contribution in [1.29, 1.82) is 0 Å². The van der Waals surface area contributed by atoms with E-state index in [-0.39, 0.29) is 5.56 Å². The molecule has 0 saturated heterocycles. The van der Waals surface area contributed by atoms with Crippen LogP contribution >= 0.6 is 22.6 Å². The van der Waals surface area contributed by atoms with Crippen LogP contribution in [-0.4, -0.2) is 4.98 Å². The third-order valence-corrected chi connectivity index (χ3v) is 1.91. The SMILES string of the molecule is Cc1cnccc1C(F)(F)I. The molecule has 0 amide bonds. The van der Waals surface area contributed by atoms with E-state index in [1.807, 2.05) is 0 Å². The molecule has 0 atom stereocenters. The molecule has 0 aromatic carbocycles. The summed E-state index contributed by atoms with van der Waals surface area (Å²) in [6, 6.07) is 1.34. The van der Waals surface area contributed by atoms with E-state index in [9.17, 15) is 8.78 Å². The molecule has 1 rings (SSSR count). The highest BCUT2D eigenvalue weighted by molar-refractivity contribution is 14.1. The lowest BCUT2D eigenvalue weighted by Gasteiger charge is -2.10. The summed E-state index contributed by atoms with van der Waals surface area (Å²) in [6.07, 6.45) is 2.80. The van der Waals surface area contributed by atoms with Crippen molar-refractivity contribution in [2.24, 2.45) is 0 Å². The molecule has 4 heteroatoms. The standard InChI is InChI=1S/C7H6F2IN/c1-5-4-11-3-2-6(5)7(8,9)10/h2-4H,1H3. The van der Waals surface area contributed by atoms with Crippen LogP contribution in [0.2, 0.25) is 0 Å². The third-order valence-electron chi connectivity index (χ3n) is 1.33. The average Bonchev–Trinajstić information content (AvgIpc) is 1.86. The lowest BCUT2D eigenvalue weighted by molar-refractivity contribution is 0.126.